The summed E-state index contributed by atoms with van der Waals surface area (Å²) < 4.78 is 39.4. The lowest BCUT2D eigenvalue weighted by molar-refractivity contribution is -0.118. The van der Waals surface area contributed by atoms with Crippen LogP contribution in [-0.4, -0.2) is 30.0 Å². The molecule has 4 aromatic rings. The predicted octanol–water partition coefficient (Wildman–Crippen LogP) is 5.74. The zero-order chi connectivity index (χ0) is 25.0. The van der Waals surface area contributed by atoms with Crippen LogP contribution in [0.5, 0.6) is 0 Å². The molecule has 0 radical (unpaired) electrons. The Hall–Kier alpha value is -3.17. The minimum absolute atomic E-state index is 0.0354. The molecular weight excluding hydrogens is 485 g/mol. The van der Waals surface area contributed by atoms with Gasteiger partial charge in [-0.25, -0.2) is 17.8 Å². The van der Waals surface area contributed by atoms with Crippen LogP contribution in [0.15, 0.2) is 71.9 Å². The van der Waals surface area contributed by atoms with Crippen molar-refractivity contribution in [1.29, 1.82) is 0 Å². The molecule has 0 atom stereocenters. The van der Waals surface area contributed by atoms with Crippen molar-refractivity contribution in [3.63, 3.8) is 0 Å². The van der Waals surface area contributed by atoms with Gasteiger partial charge in [0.15, 0.2) is 15.0 Å². The lowest BCUT2D eigenvalue weighted by atomic mass is 10.0. The quantitative estimate of drug-likeness (QED) is 0.268. The summed E-state index contributed by atoms with van der Waals surface area (Å²) >= 11 is 1.44. The van der Waals surface area contributed by atoms with Crippen molar-refractivity contribution < 1.29 is 17.6 Å². The molecule has 0 spiro atoms. The van der Waals surface area contributed by atoms with Gasteiger partial charge in [0.2, 0.25) is 5.91 Å². The van der Waals surface area contributed by atoms with Crippen molar-refractivity contribution in [2.24, 2.45) is 0 Å². The molecule has 2 heterocycles. The van der Waals surface area contributed by atoms with Crippen molar-refractivity contribution in [3.8, 4) is 0 Å². The Morgan fingerprint density at radius 1 is 1.09 bits per heavy atom. The molecule has 0 bridgehead atoms. The van der Waals surface area contributed by atoms with E-state index in [9.17, 15) is 17.6 Å². The number of anilines is 1. The van der Waals surface area contributed by atoms with E-state index in [1.807, 2.05) is 30.3 Å². The molecule has 0 unspecified atom stereocenters. The minimum Gasteiger partial charge on any atom is -0.284 e. The molecule has 35 heavy (non-hydrogen) atoms. The molecule has 0 aliphatic heterocycles. The van der Waals surface area contributed by atoms with E-state index in [2.05, 4.69) is 18.8 Å². The highest BCUT2D eigenvalue weighted by molar-refractivity contribution is 7.91. The normalized spacial score (nSPS) is 11.8. The number of para-hydroxylation sites is 1. The fraction of sp³-hybridized carbons (Fsp3) is 0.269. The Labute approximate surface area is 208 Å². The molecule has 0 saturated carbocycles. The van der Waals surface area contributed by atoms with Crippen molar-refractivity contribution in [1.82, 2.24) is 9.97 Å². The van der Waals surface area contributed by atoms with E-state index < -0.39 is 15.7 Å². The summed E-state index contributed by atoms with van der Waals surface area (Å²) in [5, 5.41) is 0.573. The van der Waals surface area contributed by atoms with Crippen molar-refractivity contribution in [2.75, 3.05) is 10.7 Å². The van der Waals surface area contributed by atoms with Gasteiger partial charge in [-0.1, -0.05) is 43.4 Å². The van der Waals surface area contributed by atoms with Crippen LogP contribution >= 0.6 is 11.3 Å². The van der Waals surface area contributed by atoms with Crippen LogP contribution in [0.2, 0.25) is 0 Å². The Kier molecular flexibility index (Phi) is 7.57. The lowest BCUT2D eigenvalue weighted by Crippen LogP contribution is -2.30. The first-order valence-corrected chi connectivity index (χ1v) is 13.8. The molecule has 0 fully saturated rings. The largest absolute Gasteiger partial charge is 0.284 e. The molecule has 0 aliphatic rings. The summed E-state index contributed by atoms with van der Waals surface area (Å²) in [4.78, 5) is 24.0. The molecule has 4 rings (SSSR count). The molecule has 2 aromatic carbocycles. The summed E-state index contributed by atoms with van der Waals surface area (Å²) in [6.45, 7) is 4.50. The average Bonchev–Trinajstić information content (AvgIpc) is 3.27. The minimum atomic E-state index is -3.62. The first kappa shape index (κ1) is 24.9. The Bertz CT molecular complexity index is 1420. The number of hydrogen-bond acceptors (Lipinski definition) is 6. The van der Waals surface area contributed by atoms with Crippen LogP contribution in [0.4, 0.5) is 9.52 Å². The number of halogens is 1. The Balaban J connectivity index is 1.56. The second kappa shape index (κ2) is 10.6. The molecule has 0 saturated heterocycles. The number of rotatable bonds is 9. The molecule has 6 nitrogen and oxygen atoms in total. The summed E-state index contributed by atoms with van der Waals surface area (Å²) in [5.74, 6) is -0.634. The summed E-state index contributed by atoms with van der Waals surface area (Å²) in [7, 11) is -3.62. The predicted molar refractivity (Wildman–Crippen MR) is 137 cm³/mol. The second-order valence-electron chi connectivity index (χ2n) is 8.56. The van der Waals surface area contributed by atoms with Gasteiger partial charge in [0.1, 0.15) is 5.82 Å². The van der Waals surface area contributed by atoms with Crippen LogP contribution < -0.4 is 4.90 Å². The topological polar surface area (TPSA) is 80.2 Å². The summed E-state index contributed by atoms with van der Waals surface area (Å²) in [6.07, 6.45) is 3.55. The Morgan fingerprint density at radius 2 is 1.86 bits per heavy atom. The highest BCUT2D eigenvalue weighted by atomic mass is 32.2. The number of nitrogens with zero attached hydrogens (tertiary/aromatic N) is 3. The number of amides is 1. The third-order valence-electron chi connectivity index (χ3n) is 5.63. The molecule has 0 N–H and O–H groups in total. The van der Waals surface area contributed by atoms with E-state index in [1.54, 1.807) is 17.3 Å². The molecular formula is C26H26FN3O3S2. The van der Waals surface area contributed by atoms with Crippen molar-refractivity contribution in [2.45, 2.75) is 44.0 Å². The van der Waals surface area contributed by atoms with E-state index in [-0.39, 0.29) is 41.9 Å². The number of thiazole rings is 1. The van der Waals surface area contributed by atoms with Gasteiger partial charge in [-0.3, -0.25) is 14.7 Å². The first-order chi connectivity index (χ1) is 16.7. The van der Waals surface area contributed by atoms with Crippen molar-refractivity contribution in [3.05, 3.63) is 83.9 Å². The number of carbonyl (C=O) groups is 1. The average molecular weight is 512 g/mol. The van der Waals surface area contributed by atoms with Crippen molar-refractivity contribution >= 4 is 42.4 Å². The number of pyridine rings is 1. The van der Waals surface area contributed by atoms with Gasteiger partial charge >= 0.3 is 0 Å². The third-order valence-corrected chi connectivity index (χ3v) is 8.49. The number of benzene rings is 2. The molecule has 9 heteroatoms. The maximum atomic E-state index is 13.3. The van der Waals surface area contributed by atoms with E-state index in [0.29, 0.717) is 5.13 Å². The van der Waals surface area contributed by atoms with Crippen LogP contribution in [0, 0.1) is 5.82 Å². The van der Waals surface area contributed by atoms with Gasteiger partial charge in [0, 0.05) is 18.8 Å². The van der Waals surface area contributed by atoms with Crippen LogP contribution in [0.25, 0.3) is 10.2 Å². The highest BCUT2D eigenvalue weighted by Gasteiger charge is 2.23. The molecule has 2 aromatic heterocycles. The van der Waals surface area contributed by atoms with Gasteiger partial charge < -0.3 is 0 Å². The lowest BCUT2D eigenvalue weighted by Gasteiger charge is -2.20. The number of fused-ring (bicyclic) bond motifs is 1. The van der Waals surface area contributed by atoms with Crippen LogP contribution in [-0.2, 0) is 21.2 Å². The molecule has 1 amide bonds. The van der Waals surface area contributed by atoms with Gasteiger partial charge in [0.25, 0.3) is 0 Å². The third kappa shape index (κ3) is 5.91. The van der Waals surface area contributed by atoms with Gasteiger partial charge in [-0.05, 0) is 59.9 Å². The van der Waals surface area contributed by atoms with E-state index in [4.69, 9.17) is 4.98 Å². The van der Waals surface area contributed by atoms with E-state index >= 15 is 0 Å². The summed E-state index contributed by atoms with van der Waals surface area (Å²) in [5.41, 5.74) is 2.85. The second-order valence-corrected chi connectivity index (χ2v) is 11.7. The van der Waals surface area contributed by atoms with E-state index in [1.165, 1.54) is 23.5 Å². The van der Waals surface area contributed by atoms with E-state index in [0.717, 1.165) is 33.5 Å². The fourth-order valence-corrected chi connectivity index (χ4v) is 6.11. The monoisotopic (exact) mass is 511 g/mol. The number of hydrogen-bond donors (Lipinski definition) is 0. The highest BCUT2D eigenvalue weighted by Crippen LogP contribution is 2.34. The smallest absolute Gasteiger partial charge is 0.229 e. The van der Waals surface area contributed by atoms with Crippen LogP contribution in [0.3, 0.4) is 0 Å². The number of aromatic nitrogens is 2. The van der Waals surface area contributed by atoms with Gasteiger partial charge in [-0.15, -0.1) is 0 Å². The zero-order valence-electron chi connectivity index (χ0n) is 19.5. The molecule has 182 valence electrons. The first-order valence-electron chi connectivity index (χ1n) is 11.3. The fourth-order valence-electron chi connectivity index (χ4n) is 3.78. The summed E-state index contributed by atoms with van der Waals surface area (Å²) in [6, 6.07) is 14.4. The Morgan fingerprint density at radius 3 is 2.54 bits per heavy atom. The SMILES string of the molecule is CC(C)c1cccc2sc(N(Cc3cccnc3)C(=O)CCCS(=O)(=O)c3ccc(F)cc3)nc12. The maximum absolute atomic E-state index is 13.3. The van der Waals surface area contributed by atoms with Gasteiger partial charge in [-0.2, -0.15) is 0 Å². The van der Waals surface area contributed by atoms with Crippen LogP contribution in [0.1, 0.15) is 43.7 Å². The standard InChI is InChI=1S/C26H26FN3O3S2/c1-18(2)22-7-3-8-23-25(22)29-26(34-23)30(17-19-6-4-14-28-16-19)24(31)9-5-15-35(32,33)21-12-10-20(27)11-13-21/h3-4,6-8,10-14,16,18H,5,9,15,17H2,1-2H3. The number of carbonyl (C=O) groups excluding carboxylic acids is 1. The maximum Gasteiger partial charge on any atom is 0.229 e. The molecule has 0 aliphatic carbocycles. The van der Waals surface area contributed by atoms with Gasteiger partial charge in [0.05, 0.1) is 27.4 Å². The zero-order valence-corrected chi connectivity index (χ0v) is 21.2. The number of sulfone groups is 1.